The van der Waals surface area contributed by atoms with Crippen molar-refractivity contribution < 1.29 is 15.0 Å². The zero-order valence-corrected chi connectivity index (χ0v) is 12.4. The normalized spacial score (nSPS) is 13.3. The first kappa shape index (κ1) is 15.0. The van der Waals surface area contributed by atoms with Crippen LogP contribution in [0.4, 0.5) is 0 Å². The summed E-state index contributed by atoms with van der Waals surface area (Å²) in [5, 5.41) is 20.8. The molecule has 0 amide bonds. The van der Waals surface area contributed by atoms with E-state index < -0.39 is 11.6 Å². The van der Waals surface area contributed by atoms with Gasteiger partial charge in [0, 0.05) is 5.56 Å². The minimum absolute atomic E-state index is 0.330. The van der Waals surface area contributed by atoms with E-state index in [-0.39, 0.29) is 0 Å². The van der Waals surface area contributed by atoms with Crippen LogP contribution in [-0.4, -0.2) is 16.2 Å². The highest BCUT2D eigenvalue weighted by Crippen LogP contribution is 2.36. The number of rotatable bonds is 4. The van der Waals surface area contributed by atoms with Crippen LogP contribution >= 0.6 is 0 Å². The molecule has 0 aromatic heterocycles. The number of carboxylic acid groups (broad SMARTS) is 1. The van der Waals surface area contributed by atoms with Crippen LogP contribution in [0, 0.1) is 0 Å². The van der Waals surface area contributed by atoms with Gasteiger partial charge in [0.25, 0.3) is 0 Å². The largest absolute Gasteiger partial charge is 0.479 e. The number of carbonyl (C=O) groups is 1. The lowest BCUT2D eigenvalue weighted by Gasteiger charge is -2.27. The maximum Gasteiger partial charge on any atom is 0.345 e. The van der Waals surface area contributed by atoms with Crippen molar-refractivity contribution in [3.05, 3.63) is 96.1 Å². The molecule has 23 heavy (non-hydrogen) atoms. The number of benzene rings is 3. The number of aliphatic hydroxyl groups is 1. The molecule has 0 aliphatic heterocycles. The van der Waals surface area contributed by atoms with E-state index in [1.165, 1.54) is 0 Å². The lowest BCUT2D eigenvalue weighted by molar-refractivity contribution is -0.155. The quantitative estimate of drug-likeness (QED) is 0.773. The highest BCUT2D eigenvalue weighted by atomic mass is 16.4. The highest BCUT2D eigenvalue weighted by Gasteiger charge is 2.41. The summed E-state index contributed by atoms with van der Waals surface area (Å²) in [6.07, 6.45) is 0. The van der Waals surface area contributed by atoms with Gasteiger partial charge in [0.1, 0.15) is 0 Å². The van der Waals surface area contributed by atoms with Gasteiger partial charge in [0.15, 0.2) is 0 Å². The van der Waals surface area contributed by atoms with Crippen LogP contribution in [0.2, 0.25) is 0 Å². The van der Waals surface area contributed by atoms with Crippen molar-refractivity contribution in [2.75, 3.05) is 0 Å². The van der Waals surface area contributed by atoms with Gasteiger partial charge in [-0.05, 0) is 16.7 Å². The molecule has 3 nitrogen and oxygen atoms in total. The SMILES string of the molecule is O=C(O)C(O)(c1ccccc1)c1ccccc1-c1ccccc1. The fourth-order valence-corrected chi connectivity index (χ4v) is 2.74. The fraction of sp³-hybridized carbons (Fsp3) is 0.0500. The Morgan fingerprint density at radius 3 is 1.87 bits per heavy atom. The van der Waals surface area contributed by atoms with Gasteiger partial charge in [-0.3, -0.25) is 0 Å². The molecule has 3 aromatic carbocycles. The Morgan fingerprint density at radius 1 is 0.739 bits per heavy atom. The molecule has 0 aliphatic rings. The molecule has 0 saturated carbocycles. The molecule has 0 heterocycles. The molecular formula is C20H16O3. The molecule has 3 rings (SSSR count). The molecule has 1 atom stereocenters. The summed E-state index contributed by atoms with van der Waals surface area (Å²) in [5.41, 5.74) is 0.134. The maximum atomic E-state index is 12.0. The first-order valence-corrected chi connectivity index (χ1v) is 7.30. The second-order valence-corrected chi connectivity index (χ2v) is 5.29. The van der Waals surface area contributed by atoms with Crippen LogP contribution in [0.15, 0.2) is 84.9 Å². The van der Waals surface area contributed by atoms with Gasteiger partial charge in [0.05, 0.1) is 0 Å². The van der Waals surface area contributed by atoms with Gasteiger partial charge in [-0.15, -0.1) is 0 Å². The van der Waals surface area contributed by atoms with Crippen LogP contribution in [0.5, 0.6) is 0 Å². The second-order valence-electron chi connectivity index (χ2n) is 5.29. The summed E-state index contributed by atoms with van der Waals surface area (Å²) in [5.74, 6) is -1.30. The summed E-state index contributed by atoms with van der Waals surface area (Å²) in [4.78, 5) is 12.0. The molecule has 0 spiro atoms. The monoisotopic (exact) mass is 304 g/mol. The van der Waals surface area contributed by atoms with Crippen LogP contribution < -0.4 is 0 Å². The minimum atomic E-state index is -2.10. The molecule has 0 saturated heterocycles. The molecule has 114 valence electrons. The summed E-state index contributed by atoms with van der Waals surface area (Å²) >= 11 is 0. The summed E-state index contributed by atoms with van der Waals surface area (Å²) in [7, 11) is 0. The van der Waals surface area contributed by atoms with E-state index in [4.69, 9.17) is 0 Å². The Hall–Kier alpha value is -2.91. The standard InChI is InChI=1S/C20H16O3/c21-19(22)20(23,16-11-5-2-6-12-16)18-14-8-7-13-17(18)15-9-3-1-4-10-15/h1-14,23H,(H,21,22). The van der Waals surface area contributed by atoms with Crippen LogP contribution in [0.3, 0.4) is 0 Å². The van der Waals surface area contributed by atoms with Gasteiger partial charge < -0.3 is 10.2 Å². The molecule has 3 heteroatoms. The average Bonchev–Trinajstić information content (AvgIpc) is 2.62. The van der Waals surface area contributed by atoms with Gasteiger partial charge in [-0.25, -0.2) is 4.79 Å². The summed E-state index contributed by atoms with van der Waals surface area (Å²) in [6.45, 7) is 0. The first-order valence-electron chi connectivity index (χ1n) is 7.30. The van der Waals surface area contributed by atoms with Crippen molar-refractivity contribution >= 4 is 5.97 Å². The third-order valence-electron chi connectivity index (χ3n) is 3.90. The lowest BCUT2D eigenvalue weighted by atomic mass is 9.82. The van der Waals surface area contributed by atoms with E-state index in [1.54, 1.807) is 42.5 Å². The Kier molecular flexibility index (Phi) is 3.96. The molecule has 0 fully saturated rings. The number of hydrogen-bond donors (Lipinski definition) is 2. The zero-order chi connectivity index (χ0) is 16.3. The van der Waals surface area contributed by atoms with Crippen molar-refractivity contribution in [2.24, 2.45) is 0 Å². The van der Waals surface area contributed by atoms with Crippen LogP contribution in [0.1, 0.15) is 11.1 Å². The van der Waals surface area contributed by atoms with E-state index in [0.29, 0.717) is 16.7 Å². The maximum absolute atomic E-state index is 12.0. The van der Waals surface area contributed by atoms with E-state index in [0.717, 1.165) is 5.56 Å². The molecule has 0 bridgehead atoms. The molecule has 3 aromatic rings. The van der Waals surface area contributed by atoms with Crippen molar-refractivity contribution in [3.8, 4) is 11.1 Å². The van der Waals surface area contributed by atoms with Crippen LogP contribution in [-0.2, 0) is 10.4 Å². The predicted octanol–water partition coefficient (Wildman–Crippen LogP) is 3.67. The van der Waals surface area contributed by atoms with E-state index in [2.05, 4.69) is 0 Å². The van der Waals surface area contributed by atoms with Crippen LogP contribution in [0.25, 0.3) is 11.1 Å². The van der Waals surface area contributed by atoms with Crippen molar-refractivity contribution in [2.45, 2.75) is 5.60 Å². The highest BCUT2D eigenvalue weighted by molar-refractivity contribution is 5.87. The summed E-state index contributed by atoms with van der Waals surface area (Å²) < 4.78 is 0. The number of carboxylic acids is 1. The summed E-state index contributed by atoms with van der Waals surface area (Å²) in [6, 6.07) is 25.0. The van der Waals surface area contributed by atoms with Crippen molar-refractivity contribution in [1.82, 2.24) is 0 Å². The van der Waals surface area contributed by atoms with E-state index in [9.17, 15) is 15.0 Å². The molecule has 0 radical (unpaired) electrons. The molecular weight excluding hydrogens is 288 g/mol. The van der Waals surface area contributed by atoms with Crippen molar-refractivity contribution in [1.29, 1.82) is 0 Å². The topological polar surface area (TPSA) is 57.5 Å². The van der Waals surface area contributed by atoms with Gasteiger partial charge in [-0.1, -0.05) is 84.9 Å². The Bertz CT molecular complexity index is 813. The Balaban J connectivity index is 2.26. The van der Waals surface area contributed by atoms with E-state index >= 15 is 0 Å². The van der Waals surface area contributed by atoms with Crippen molar-refractivity contribution in [3.63, 3.8) is 0 Å². The van der Waals surface area contributed by atoms with E-state index in [1.807, 2.05) is 42.5 Å². The Labute approximate surface area is 134 Å². The Morgan fingerprint density at radius 2 is 1.26 bits per heavy atom. The fourth-order valence-electron chi connectivity index (χ4n) is 2.74. The lowest BCUT2D eigenvalue weighted by Crippen LogP contribution is -2.37. The number of hydrogen-bond acceptors (Lipinski definition) is 2. The second kappa shape index (κ2) is 6.07. The molecule has 2 N–H and O–H groups in total. The third kappa shape index (κ3) is 2.62. The first-order chi connectivity index (χ1) is 11.1. The van der Waals surface area contributed by atoms with Gasteiger partial charge >= 0.3 is 5.97 Å². The van der Waals surface area contributed by atoms with Gasteiger partial charge in [-0.2, -0.15) is 0 Å². The third-order valence-corrected chi connectivity index (χ3v) is 3.90. The van der Waals surface area contributed by atoms with Gasteiger partial charge in [0.2, 0.25) is 5.60 Å². The minimum Gasteiger partial charge on any atom is -0.479 e. The molecule has 1 unspecified atom stereocenters. The predicted molar refractivity (Wildman–Crippen MR) is 89.0 cm³/mol. The number of aliphatic carboxylic acids is 1. The zero-order valence-electron chi connectivity index (χ0n) is 12.4. The smallest absolute Gasteiger partial charge is 0.345 e. The average molecular weight is 304 g/mol. The molecule has 0 aliphatic carbocycles.